The third-order valence-corrected chi connectivity index (χ3v) is 4.81. The van der Waals surface area contributed by atoms with Crippen LogP contribution in [0.1, 0.15) is 38.2 Å². The number of ketones is 1. The van der Waals surface area contributed by atoms with Crippen LogP contribution >= 0.6 is 11.3 Å². The molecule has 3 heterocycles. The van der Waals surface area contributed by atoms with Gasteiger partial charge in [-0.05, 0) is 43.5 Å². The van der Waals surface area contributed by atoms with E-state index in [0.717, 1.165) is 21.6 Å². The summed E-state index contributed by atoms with van der Waals surface area (Å²) in [5.74, 6) is 0.758. The minimum absolute atomic E-state index is 0.0421. The summed E-state index contributed by atoms with van der Waals surface area (Å²) in [5.41, 5.74) is 3.16. The number of nitrogens with one attached hydrogen (secondary N) is 1. The van der Waals surface area contributed by atoms with Gasteiger partial charge in [0, 0.05) is 12.1 Å². The normalized spacial score (nSPS) is 10.8. The van der Waals surface area contributed by atoms with Crippen molar-refractivity contribution in [1.82, 2.24) is 20.2 Å². The second-order valence-electron chi connectivity index (χ2n) is 7.00. The Hall–Kier alpha value is -3.06. The number of carbonyl (C=O) groups excluding carboxylic acids is 1. The third kappa shape index (κ3) is 5.26. The summed E-state index contributed by atoms with van der Waals surface area (Å²) in [6.07, 6.45) is 1.66. The second kappa shape index (κ2) is 9.43. The molecule has 0 aliphatic rings. The van der Waals surface area contributed by atoms with Gasteiger partial charge < -0.3 is 4.74 Å². The molecule has 0 aliphatic carbocycles. The van der Waals surface area contributed by atoms with Crippen LogP contribution in [0, 0.1) is 5.92 Å². The zero-order valence-electron chi connectivity index (χ0n) is 16.9. The van der Waals surface area contributed by atoms with Crippen molar-refractivity contribution in [2.75, 3.05) is 0 Å². The molecule has 3 aromatic heterocycles. The topological polar surface area (TPSA) is 80.8 Å². The number of rotatable bonds is 5. The van der Waals surface area contributed by atoms with Gasteiger partial charge in [0.15, 0.2) is 5.78 Å². The Labute approximate surface area is 174 Å². The fourth-order valence-electron chi connectivity index (χ4n) is 2.57. The van der Waals surface area contributed by atoms with Crippen molar-refractivity contribution in [3.05, 3.63) is 59.7 Å². The molecular formula is C22H24N4O2S. The van der Waals surface area contributed by atoms with Gasteiger partial charge in [-0.3, -0.25) is 9.89 Å². The van der Waals surface area contributed by atoms with E-state index in [-0.39, 0.29) is 17.8 Å². The standard InChI is InChI=1S/C15H14N2OS.C7H10N2O/c1-10(2)18-15-14(13-8-5-9-19-13)16-11-6-3-4-7-12(11)17-15;1-5(2)7(10)6-3-4-8-9-6/h3-10H,1-2H3;3-5H,1-2H3,(H,8,9). The second-order valence-corrected chi connectivity index (χ2v) is 7.95. The van der Waals surface area contributed by atoms with Gasteiger partial charge in [-0.15, -0.1) is 11.3 Å². The number of hydrogen-bond donors (Lipinski definition) is 1. The molecule has 4 aromatic rings. The van der Waals surface area contributed by atoms with Crippen LogP contribution in [0.25, 0.3) is 21.6 Å². The summed E-state index contributed by atoms with van der Waals surface area (Å²) in [4.78, 5) is 21.5. The largest absolute Gasteiger partial charge is 0.473 e. The van der Waals surface area contributed by atoms with Crippen LogP contribution in [0.5, 0.6) is 5.88 Å². The number of para-hydroxylation sites is 2. The highest BCUT2D eigenvalue weighted by Crippen LogP contribution is 2.32. The minimum atomic E-state index is 0.0421. The van der Waals surface area contributed by atoms with Crippen molar-refractivity contribution >= 4 is 28.2 Å². The Kier molecular flexibility index (Phi) is 6.72. The maximum Gasteiger partial charge on any atom is 0.242 e. The number of aromatic nitrogens is 4. The number of H-pyrrole nitrogens is 1. The van der Waals surface area contributed by atoms with Gasteiger partial charge in [0.1, 0.15) is 11.4 Å². The number of aromatic amines is 1. The van der Waals surface area contributed by atoms with Gasteiger partial charge in [-0.25, -0.2) is 9.97 Å². The first-order valence-electron chi connectivity index (χ1n) is 9.46. The van der Waals surface area contributed by atoms with Crippen LogP contribution in [-0.4, -0.2) is 32.1 Å². The van der Waals surface area contributed by atoms with Crippen LogP contribution in [0.2, 0.25) is 0 Å². The molecule has 0 saturated carbocycles. The Morgan fingerprint density at radius 1 is 1.00 bits per heavy atom. The molecule has 0 radical (unpaired) electrons. The molecule has 29 heavy (non-hydrogen) atoms. The molecule has 1 aromatic carbocycles. The van der Waals surface area contributed by atoms with Crippen molar-refractivity contribution in [1.29, 1.82) is 0 Å². The molecule has 0 spiro atoms. The van der Waals surface area contributed by atoms with Crippen LogP contribution in [0.3, 0.4) is 0 Å². The Bertz CT molecular complexity index is 1060. The quantitative estimate of drug-likeness (QED) is 0.448. The predicted molar refractivity (Wildman–Crippen MR) is 116 cm³/mol. The molecule has 0 amide bonds. The summed E-state index contributed by atoms with van der Waals surface area (Å²) < 4.78 is 5.81. The SMILES string of the molecule is CC(C)C(=O)c1ccn[nH]1.CC(C)Oc1nc2ccccc2nc1-c1cccs1. The molecule has 4 rings (SSSR count). The van der Waals surface area contributed by atoms with E-state index in [0.29, 0.717) is 11.6 Å². The number of Topliss-reactive ketones (excluding diaryl/α,β-unsaturated/α-hetero) is 1. The number of benzene rings is 1. The van der Waals surface area contributed by atoms with E-state index in [9.17, 15) is 4.79 Å². The molecule has 0 unspecified atom stereocenters. The van der Waals surface area contributed by atoms with Crippen molar-refractivity contribution in [2.24, 2.45) is 5.92 Å². The Balaban J connectivity index is 0.000000204. The molecule has 6 nitrogen and oxygen atoms in total. The van der Waals surface area contributed by atoms with E-state index in [1.165, 1.54) is 0 Å². The number of carbonyl (C=O) groups is 1. The molecule has 150 valence electrons. The number of hydrogen-bond acceptors (Lipinski definition) is 6. The van der Waals surface area contributed by atoms with Gasteiger partial charge in [0.2, 0.25) is 5.88 Å². The first-order valence-corrected chi connectivity index (χ1v) is 10.3. The van der Waals surface area contributed by atoms with E-state index in [1.807, 2.05) is 69.5 Å². The summed E-state index contributed by atoms with van der Waals surface area (Å²) in [5, 5.41) is 8.33. The Morgan fingerprint density at radius 2 is 1.72 bits per heavy atom. The molecule has 0 atom stereocenters. The smallest absolute Gasteiger partial charge is 0.242 e. The van der Waals surface area contributed by atoms with Crippen molar-refractivity contribution < 1.29 is 9.53 Å². The predicted octanol–water partition coefficient (Wildman–Crippen LogP) is 5.39. The van der Waals surface area contributed by atoms with Crippen molar-refractivity contribution in [3.63, 3.8) is 0 Å². The van der Waals surface area contributed by atoms with E-state index in [4.69, 9.17) is 9.72 Å². The van der Waals surface area contributed by atoms with E-state index < -0.39 is 0 Å². The molecule has 0 bridgehead atoms. The highest BCUT2D eigenvalue weighted by molar-refractivity contribution is 7.13. The van der Waals surface area contributed by atoms with E-state index in [1.54, 1.807) is 23.6 Å². The van der Waals surface area contributed by atoms with Crippen molar-refractivity contribution in [3.8, 4) is 16.5 Å². The van der Waals surface area contributed by atoms with Gasteiger partial charge >= 0.3 is 0 Å². The van der Waals surface area contributed by atoms with Gasteiger partial charge in [-0.2, -0.15) is 5.10 Å². The van der Waals surface area contributed by atoms with Gasteiger partial charge in [0.25, 0.3) is 0 Å². The minimum Gasteiger partial charge on any atom is -0.473 e. The molecule has 0 aliphatic heterocycles. The third-order valence-electron chi connectivity index (χ3n) is 3.93. The summed E-state index contributed by atoms with van der Waals surface area (Å²) in [7, 11) is 0. The van der Waals surface area contributed by atoms with Gasteiger partial charge in [-0.1, -0.05) is 32.0 Å². The molecule has 1 N–H and O–H groups in total. The van der Waals surface area contributed by atoms with E-state index in [2.05, 4.69) is 15.2 Å². The lowest BCUT2D eigenvalue weighted by Crippen LogP contribution is -2.08. The fourth-order valence-corrected chi connectivity index (χ4v) is 3.27. The van der Waals surface area contributed by atoms with Crippen LogP contribution < -0.4 is 4.74 Å². The lowest BCUT2D eigenvalue weighted by Gasteiger charge is -2.12. The van der Waals surface area contributed by atoms with Crippen molar-refractivity contribution in [2.45, 2.75) is 33.8 Å². The Morgan fingerprint density at radius 3 is 2.28 bits per heavy atom. The highest BCUT2D eigenvalue weighted by atomic mass is 32.1. The van der Waals surface area contributed by atoms with Crippen LogP contribution in [-0.2, 0) is 0 Å². The van der Waals surface area contributed by atoms with Crippen LogP contribution in [0.15, 0.2) is 54.0 Å². The zero-order chi connectivity index (χ0) is 20.8. The number of nitrogens with zero attached hydrogens (tertiary/aromatic N) is 3. The van der Waals surface area contributed by atoms with Gasteiger partial charge in [0.05, 0.1) is 22.0 Å². The first kappa shape index (κ1) is 20.7. The fraction of sp³-hybridized carbons (Fsp3) is 0.273. The lowest BCUT2D eigenvalue weighted by atomic mass is 10.1. The average Bonchev–Trinajstić information content (AvgIpc) is 3.41. The van der Waals surface area contributed by atoms with E-state index >= 15 is 0 Å². The zero-order valence-corrected chi connectivity index (χ0v) is 17.7. The maximum atomic E-state index is 11.1. The molecule has 7 heteroatoms. The summed E-state index contributed by atoms with van der Waals surface area (Å²) >= 11 is 1.64. The average molecular weight is 409 g/mol. The molecule has 0 saturated heterocycles. The number of fused-ring (bicyclic) bond motifs is 1. The first-order chi connectivity index (χ1) is 14.0. The molecular weight excluding hydrogens is 384 g/mol. The monoisotopic (exact) mass is 408 g/mol. The molecule has 0 fully saturated rings. The summed E-state index contributed by atoms with van der Waals surface area (Å²) in [6, 6.07) is 13.6. The lowest BCUT2D eigenvalue weighted by molar-refractivity contribution is 0.0934. The highest BCUT2D eigenvalue weighted by Gasteiger charge is 2.14. The number of thiophene rings is 1. The maximum absolute atomic E-state index is 11.1. The number of ether oxygens (including phenoxy) is 1. The van der Waals surface area contributed by atoms with Crippen LogP contribution in [0.4, 0.5) is 0 Å². The summed E-state index contributed by atoms with van der Waals surface area (Å²) in [6.45, 7) is 7.72.